The van der Waals surface area contributed by atoms with Gasteiger partial charge in [0.25, 0.3) is 10.0 Å². The number of carbonyl (C=O) groups is 1. The molecule has 1 atom stereocenters. The lowest BCUT2D eigenvalue weighted by Gasteiger charge is -2.11. The van der Waals surface area contributed by atoms with Gasteiger partial charge in [-0.2, -0.15) is 0 Å². The fourth-order valence-corrected chi connectivity index (χ4v) is 3.61. The van der Waals surface area contributed by atoms with Gasteiger partial charge in [-0.25, -0.2) is 13.1 Å². The summed E-state index contributed by atoms with van der Waals surface area (Å²) >= 11 is 6.61. The van der Waals surface area contributed by atoms with Crippen molar-refractivity contribution in [2.24, 2.45) is 0 Å². The molecule has 1 unspecified atom stereocenters. The Morgan fingerprint density at radius 1 is 1.45 bits per heavy atom. The van der Waals surface area contributed by atoms with Crippen LogP contribution in [0.25, 0.3) is 0 Å². The van der Waals surface area contributed by atoms with E-state index in [-0.39, 0.29) is 35.1 Å². The number of sulfonamides is 1. The molecule has 3 N–H and O–H groups in total. The maximum Gasteiger partial charge on any atom is 0.250 e. The molecule has 116 valence electrons. The lowest BCUT2D eigenvalue weighted by atomic mass is 10.3. The van der Waals surface area contributed by atoms with Crippen LogP contribution in [0, 0.1) is 0 Å². The number of hydrogen-bond donors (Lipinski definition) is 3. The summed E-state index contributed by atoms with van der Waals surface area (Å²) in [6.07, 6.45) is 0. The Bertz CT molecular complexity index is 534. The van der Waals surface area contributed by atoms with Gasteiger partial charge < -0.3 is 10.6 Å². The quantitative estimate of drug-likeness (QED) is 0.671. The van der Waals surface area contributed by atoms with Gasteiger partial charge in [0.2, 0.25) is 5.91 Å². The zero-order valence-electron chi connectivity index (χ0n) is 11.0. The number of halogens is 2. The van der Waals surface area contributed by atoms with Gasteiger partial charge in [-0.15, -0.1) is 23.7 Å². The molecule has 10 heteroatoms. The Morgan fingerprint density at radius 2 is 2.10 bits per heavy atom. The van der Waals surface area contributed by atoms with Gasteiger partial charge in [0.05, 0.1) is 10.9 Å². The normalized spacial score (nSPS) is 12.6. The zero-order chi connectivity index (χ0) is 14.5. The van der Waals surface area contributed by atoms with Gasteiger partial charge in [0, 0.05) is 12.6 Å². The molecule has 1 amide bonds. The van der Waals surface area contributed by atoms with Crippen LogP contribution in [0.4, 0.5) is 0 Å². The molecule has 0 aliphatic heterocycles. The van der Waals surface area contributed by atoms with Gasteiger partial charge in [0.1, 0.15) is 4.21 Å². The van der Waals surface area contributed by atoms with Crippen molar-refractivity contribution in [3.05, 3.63) is 16.5 Å². The summed E-state index contributed by atoms with van der Waals surface area (Å²) in [5, 5.41) is 5.57. The molecule has 0 aliphatic carbocycles. The summed E-state index contributed by atoms with van der Waals surface area (Å²) in [4.78, 5) is 11.5. The summed E-state index contributed by atoms with van der Waals surface area (Å²) in [6, 6.07) is 3.02. The third kappa shape index (κ3) is 6.38. The van der Waals surface area contributed by atoms with E-state index < -0.39 is 10.0 Å². The third-order valence-corrected chi connectivity index (χ3v) is 5.46. The zero-order valence-corrected chi connectivity index (χ0v) is 14.2. The number of likely N-dealkylation sites (N-methyl/N-ethyl adjacent to an activating group) is 1. The first kappa shape index (κ1) is 19.6. The fourth-order valence-electron chi connectivity index (χ4n) is 1.11. The van der Waals surface area contributed by atoms with Crippen LogP contribution in [-0.4, -0.2) is 40.5 Å². The van der Waals surface area contributed by atoms with E-state index in [2.05, 4.69) is 15.4 Å². The number of carbonyl (C=O) groups excluding carboxylic acids is 1. The summed E-state index contributed by atoms with van der Waals surface area (Å²) < 4.78 is 26.3. The van der Waals surface area contributed by atoms with Gasteiger partial charge in [-0.05, 0) is 26.1 Å². The molecular weight excluding hydrogens is 345 g/mol. The highest BCUT2D eigenvalue weighted by Gasteiger charge is 2.17. The Morgan fingerprint density at radius 3 is 2.60 bits per heavy atom. The van der Waals surface area contributed by atoms with Gasteiger partial charge in [-0.1, -0.05) is 11.6 Å². The standard InChI is InChI=1S/C10H16ClN3O3S2.ClH/c1-7(12-2)5-13-9(15)6-14-19(16,17)10-4-3-8(11)18-10;/h3-4,7,12,14H,5-6H2,1-2H3,(H,13,15);1H. The molecule has 0 fully saturated rings. The monoisotopic (exact) mass is 361 g/mol. The highest BCUT2D eigenvalue weighted by molar-refractivity contribution is 7.91. The Labute approximate surface area is 133 Å². The predicted molar refractivity (Wildman–Crippen MR) is 83.3 cm³/mol. The second-order valence-corrected chi connectivity index (χ2v) is 7.59. The summed E-state index contributed by atoms with van der Waals surface area (Å²) in [5.74, 6) is -0.381. The first-order valence-corrected chi connectivity index (χ1v) is 8.22. The maximum absolute atomic E-state index is 11.8. The van der Waals surface area contributed by atoms with E-state index >= 15 is 0 Å². The lowest BCUT2D eigenvalue weighted by Crippen LogP contribution is -2.42. The van der Waals surface area contributed by atoms with Crippen LogP contribution >= 0.6 is 35.3 Å². The molecule has 1 aromatic rings. The molecule has 0 aromatic carbocycles. The van der Waals surface area contributed by atoms with E-state index in [1.165, 1.54) is 12.1 Å². The van der Waals surface area contributed by atoms with Crippen LogP contribution in [0.2, 0.25) is 4.34 Å². The van der Waals surface area contributed by atoms with E-state index in [0.717, 1.165) is 11.3 Å². The molecule has 1 aromatic heterocycles. The van der Waals surface area contributed by atoms with Crippen molar-refractivity contribution >= 4 is 51.3 Å². The molecule has 0 spiro atoms. The Balaban J connectivity index is 0.00000361. The van der Waals surface area contributed by atoms with Crippen molar-refractivity contribution in [2.45, 2.75) is 17.2 Å². The van der Waals surface area contributed by atoms with Gasteiger partial charge >= 0.3 is 0 Å². The van der Waals surface area contributed by atoms with Gasteiger partial charge in [-0.3, -0.25) is 4.79 Å². The second-order valence-electron chi connectivity index (χ2n) is 3.88. The molecule has 6 nitrogen and oxygen atoms in total. The molecule has 20 heavy (non-hydrogen) atoms. The van der Waals surface area contributed by atoms with Crippen LogP contribution in [0.15, 0.2) is 16.3 Å². The molecule has 0 bridgehead atoms. The smallest absolute Gasteiger partial charge is 0.250 e. The molecule has 0 aliphatic rings. The van der Waals surface area contributed by atoms with E-state index in [4.69, 9.17) is 11.6 Å². The van der Waals surface area contributed by atoms with Crippen LogP contribution in [0.3, 0.4) is 0 Å². The minimum absolute atomic E-state index is 0. The average Bonchev–Trinajstić information content (AvgIpc) is 2.81. The van der Waals surface area contributed by atoms with Crippen molar-refractivity contribution < 1.29 is 13.2 Å². The maximum atomic E-state index is 11.8. The number of nitrogens with one attached hydrogen (secondary N) is 3. The largest absolute Gasteiger partial charge is 0.353 e. The molecule has 1 heterocycles. The predicted octanol–water partition coefficient (Wildman–Crippen LogP) is 0.826. The topological polar surface area (TPSA) is 87.3 Å². The molecule has 1 rings (SSSR count). The number of thiophene rings is 1. The van der Waals surface area contributed by atoms with Crippen molar-refractivity contribution in [2.75, 3.05) is 20.1 Å². The second kappa shape index (κ2) is 8.81. The Kier molecular flexibility index (Phi) is 8.64. The number of rotatable bonds is 7. The van der Waals surface area contributed by atoms with Crippen LogP contribution in [0.5, 0.6) is 0 Å². The van der Waals surface area contributed by atoms with Gasteiger partial charge in [0.15, 0.2) is 0 Å². The first-order chi connectivity index (χ1) is 8.85. The molecule has 0 saturated heterocycles. The summed E-state index contributed by atoms with van der Waals surface area (Å²) in [5.41, 5.74) is 0. The summed E-state index contributed by atoms with van der Waals surface area (Å²) in [7, 11) is -1.89. The van der Waals surface area contributed by atoms with Crippen molar-refractivity contribution in [1.82, 2.24) is 15.4 Å². The highest BCUT2D eigenvalue weighted by atomic mass is 35.5. The third-order valence-electron chi connectivity index (χ3n) is 2.33. The minimum atomic E-state index is -3.67. The molecular formula is C10H17Cl2N3O3S2. The number of amides is 1. The van der Waals surface area contributed by atoms with E-state index in [1.807, 2.05) is 6.92 Å². The van der Waals surface area contributed by atoms with Crippen LogP contribution in [-0.2, 0) is 14.8 Å². The lowest BCUT2D eigenvalue weighted by molar-refractivity contribution is -0.120. The van der Waals surface area contributed by atoms with Crippen LogP contribution < -0.4 is 15.4 Å². The van der Waals surface area contributed by atoms with E-state index in [1.54, 1.807) is 7.05 Å². The molecule has 0 radical (unpaired) electrons. The van der Waals surface area contributed by atoms with Crippen LogP contribution in [0.1, 0.15) is 6.92 Å². The number of hydrogen-bond acceptors (Lipinski definition) is 5. The first-order valence-electron chi connectivity index (χ1n) is 5.54. The van der Waals surface area contributed by atoms with E-state index in [9.17, 15) is 13.2 Å². The summed E-state index contributed by atoms with van der Waals surface area (Å²) in [6.45, 7) is 2.04. The van der Waals surface area contributed by atoms with Crippen molar-refractivity contribution in [3.63, 3.8) is 0 Å². The SMILES string of the molecule is CNC(C)CNC(=O)CNS(=O)(=O)c1ccc(Cl)s1.Cl. The fraction of sp³-hybridized carbons (Fsp3) is 0.500. The Hall–Kier alpha value is -0.380. The molecule has 0 saturated carbocycles. The van der Waals surface area contributed by atoms with E-state index in [0.29, 0.717) is 10.9 Å². The van der Waals surface area contributed by atoms with Crippen molar-refractivity contribution in [3.8, 4) is 0 Å². The average molecular weight is 362 g/mol. The van der Waals surface area contributed by atoms with Crippen molar-refractivity contribution in [1.29, 1.82) is 0 Å². The minimum Gasteiger partial charge on any atom is -0.353 e. The highest BCUT2D eigenvalue weighted by Crippen LogP contribution is 2.25.